The second kappa shape index (κ2) is 15.7. The number of hydrogen-bond donors (Lipinski definition) is 3. The Morgan fingerprint density at radius 3 is 2.45 bits per heavy atom. The van der Waals surface area contributed by atoms with E-state index < -0.39 is 6.03 Å². The van der Waals surface area contributed by atoms with Crippen molar-refractivity contribution in [3.63, 3.8) is 0 Å². The number of carbonyl (C=O) groups excluding carboxylic acids is 2. The zero-order valence-electron chi connectivity index (χ0n) is 31.5. The first-order valence-electron chi connectivity index (χ1n) is 19.0. The predicted molar refractivity (Wildman–Crippen MR) is 203 cm³/mol. The normalized spacial score (nSPS) is 22.2. The topological polar surface area (TPSA) is 151 Å². The van der Waals surface area contributed by atoms with Gasteiger partial charge in [-0.15, -0.1) is 10.2 Å². The molecule has 4 atom stereocenters. The lowest BCUT2D eigenvalue weighted by Gasteiger charge is -2.39. The third-order valence-electron chi connectivity index (χ3n) is 10.6. The van der Waals surface area contributed by atoms with Gasteiger partial charge in [0.1, 0.15) is 17.7 Å². The first kappa shape index (κ1) is 36.5. The number of anilines is 2. The van der Waals surface area contributed by atoms with Crippen LogP contribution in [0.15, 0.2) is 48.7 Å². The van der Waals surface area contributed by atoms with E-state index in [1.165, 1.54) is 6.42 Å². The van der Waals surface area contributed by atoms with Crippen molar-refractivity contribution < 1.29 is 19.1 Å². The predicted octanol–water partition coefficient (Wildman–Crippen LogP) is 5.42. The number of fused-ring (bicyclic) bond motifs is 2. The van der Waals surface area contributed by atoms with E-state index in [1.54, 1.807) is 6.07 Å². The first-order valence-corrected chi connectivity index (χ1v) is 19.0. The van der Waals surface area contributed by atoms with Crippen molar-refractivity contribution in [2.45, 2.75) is 96.4 Å². The van der Waals surface area contributed by atoms with Gasteiger partial charge in [0.2, 0.25) is 11.8 Å². The van der Waals surface area contributed by atoms with Gasteiger partial charge >= 0.3 is 6.03 Å². The molecule has 3 N–H and O–H groups in total. The second-order valence-corrected chi connectivity index (χ2v) is 15.5. The Labute approximate surface area is 311 Å². The highest BCUT2D eigenvalue weighted by Gasteiger charge is 2.31. The minimum atomic E-state index is -0.409. The van der Waals surface area contributed by atoms with E-state index in [0.29, 0.717) is 56.9 Å². The molecule has 14 heteroatoms. The zero-order chi connectivity index (χ0) is 37.1. The van der Waals surface area contributed by atoms with Gasteiger partial charge in [-0.3, -0.25) is 19.4 Å². The molecule has 4 aromatic rings. The van der Waals surface area contributed by atoms with Crippen LogP contribution in [0.5, 0.6) is 5.75 Å². The fourth-order valence-corrected chi connectivity index (χ4v) is 7.65. The molecule has 3 aromatic heterocycles. The number of aromatic nitrogens is 5. The van der Waals surface area contributed by atoms with E-state index >= 15 is 0 Å². The van der Waals surface area contributed by atoms with E-state index in [4.69, 9.17) is 9.47 Å². The quantitative estimate of drug-likeness (QED) is 0.204. The molecule has 282 valence electrons. The number of carbonyl (C=O) groups is 2. The van der Waals surface area contributed by atoms with E-state index in [-0.39, 0.29) is 35.1 Å². The number of rotatable bonds is 9. The number of urea groups is 1. The van der Waals surface area contributed by atoms with Crippen molar-refractivity contribution >= 4 is 29.4 Å². The van der Waals surface area contributed by atoms with Crippen LogP contribution < -0.4 is 25.6 Å². The SMILES string of the molecule is C[C@@H]1CCC[C@H](C)N1c1nnc2ccc(O[C@@H]3CC[C@H](NC(=O)Nc4cc(C(C)(C)C)nc(C(=O)NCCN5CCOCC5)n4)c4ccccc43)cn12. The molecule has 1 aliphatic carbocycles. The van der Waals surface area contributed by atoms with Gasteiger partial charge in [-0.2, -0.15) is 0 Å². The Bertz CT molecular complexity index is 1910. The van der Waals surface area contributed by atoms with Gasteiger partial charge in [-0.1, -0.05) is 45.0 Å². The molecule has 1 aromatic carbocycles. The fraction of sp³-hybridized carbons (Fsp3) is 0.538. The molecular weight excluding hydrogens is 672 g/mol. The Balaban J connectivity index is 1.03. The Morgan fingerprint density at radius 1 is 0.943 bits per heavy atom. The molecule has 2 aliphatic heterocycles. The lowest BCUT2D eigenvalue weighted by atomic mass is 9.85. The van der Waals surface area contributed by atoms with Gasteiger partial charge in [-0.05, 0) is 69.2 Å². The summed E-state index contributed by atoms with van der Waals surface area (Å²) in [6, 6.07) is 13.8. The molecule has 0 unspecified atom stereocenters. The standard InChI is InChI=1S/C39H52N10O4/c1-25-9-8-10-26(2)49(25)38-46-45-34-16-13-27(24-48(34)38)53-31-15-14-30(28-11-6-7-12-29(28)31)41-37(51)44-33-23-32(39(3,4)5)42-35(43-33)36(50)40-17-18-47-19-21-52-22-20-47/h6-7,11-13,16,23-26,30-31H,8-10,14-15,17-22H2,1-5H3,(H,40,50)(H2,41,42,43,44,51)/t25-,26+,30-,31+/m0/s1. The average Bonchev–Trinajstić information content (AvgIpc) is 3.55. The fourth-order valence-electron chi connectivity index (χ4n) is 7.65. The van der Waals surface area contributed by atoms with Crippen LogP contribution in [-0.2, 0) is 10.2 Å². The maximum absolute atomic E-state index is 13.5. The number of ether oxygens (including phenoxy) is 2. The van der Waals surface area contributed by atoms with E-state index in [2.05, 4.69) is 65.8 Å². The first-order chi connectivity index (χ1) is 25.5. The van der Waals surface area contributed by atoms with Crippen molar-refractivity contribution in [3.05, 3.63) is 71.3 Å². The van der Waals surface area contributed by atoms with E-state index in [9.17, 15) is 9.59 Å². The van der Waals surface area contributed by atoms with Gasteiger partial charge in [0, 0.05) is 49.7 Å². The number of nitrogens with one attached hydrogen (secondary N) is 3. The number of morpholine rings is 1. The Morgan fingerprint density at radius 2 is 1.70 bits per heavy atom. The van der Waals surface area contributed by atoms with Crippen molar-refractivity contribution in [1.82, 2.24) is 40.1 Å². The lowest BCUT2D eigenvalue weighted by molar-refractivity contribution is 0.0383. The van der Waals surface area contributed by atoms with Gasteiger partial charge in [0.25, 0.3) is 5.91 Å². The summed E-state index contributed by atoms with van der Waals surface area (Å²) in [5.41, 5.74) is 3.09. The van der Waals surface area contributed by atoms with Gasteiger partial charge in [-0.25, -0.2) is 14.8 Å². The summed E-state index contributed by atoms with van der Waals surface area (Å²) < 4.78 is 14.1. The van der Waals surface area contributed by atoms with Crippen LogP contribution in [0.4, 0.5) is 16.6 Å². The van der Waals surface area contributed by atoms with Gasteiger partial charge < -0.3 is 25.0 Å². The van der Waals surface area contributed by atoms with Crippen LogP contribution in [-0.4, -0.2) is 92.9 Å². The molecule has 5 heterocycles. The Hall–Kier alpha value is -4.82. The molecular formula is C39H52N10O4. The van der Waals surface area contributed by atoms with Crippen LogP contribution in [0.1, 0.15) is 106 Å². The van der Waals surface area contributed by atoms with Crippen LogP contribution in [0.25, 0.3) is 5.65 Å². The molecule has 3 amide bonds. The molecule has 2 saturated heterocycles. The summed E-state index contributed by atoms with van der Waals surface area (Å²) in [6.45, 7) is 14.8. The summed E-state index contributed by atoms with van der Waals surface area (Å²) in [4.78, 5) is 40.3. The molecule has 0 bridgehead atoms. The molecule has 7 rings (SSSR count). The molecule has 0 saturated carbocycles. The maximum Gasteiger partial charge on any atom is 0.320 e. The van der Waals surface area contributed by atoms with Crippen molar-refractivity contribution in [2.75, 3.05) is 49.6 Å². The minimum Gasteiger partial charge on any atom is -0.484 e. The number of pyridine rings is 1. The Kier molecular flexibility index (Phi) is 10.8. The number of hydrogen-bond acceptors (Lipinski definition) is 10. The maximum atomic E-state index is 13.5. The van der Waals surface area contributed by atoms with Crippen LogP contribution >= 0.6 is 0 Å². The average molecular weight is 725 g/mol. The molecule has 2 fully saturated rings. The third kappa shape index (κ3) is 8.38. The smallest absolute Gasteiger partial charge is 0.320 e. The summed E-state index contributed by atoms with van der Waals surface area (Å²) in [6.07, 6.45) is 6.65. The summed E-state index contributed by atoms with van der Waals surface area (Å²) >= 11 is 0. The summed E-state index contributed by atoms with van der Waals surface area (Å²) in [7, 11) is 0. The molecule has 53 heavy (non-hydrogen) atoms. The largest absolute Gasteiger partial charge is 0.484 e. The monoisotopic (exact) mass is 724 g/mol. The number of benzene rings is 1. The van der Waals surface area contributed by atoms with Crippen LogP contribution in [0.3, 0.4) is 0 Å². The number of nitrogens with zero attached hydrogens (tertiary/aromatic N) is 7. The van der Waals surface area contributed by atoms with Crippen molar-refractivity contribution in [3.8, 4) is 5.75 Å². The van der Waals surface area contributed by atoms with Crippen LogP contribution in [0.2, 0.25) is 0 Å². The second-order valence-electron chi connectivity index (χ2n) is 15.5. The highest BCUT2D eigenvalue weighted by atomic mass is 16.5. The van der Waals surface area contributed by atoms with E-state index in [1.807, 2.05) is 61.7 Å². The van der Waals surface area contributed by atoms with Gasteiger partial charge in [0.15, 0.2) is 5.65 Å². The van der Waals surface area contributed by atoms with Crippen molar-refractivity contribution in [2.24, 2.45) is 0 Å². The number of amides is 3. The van der Waals surface area contributed by atoms with Crippen LogP contribution in [0, 0.1) is 0 Å². The molecule has 0 radical (unpaired) electrons. The highest BCUT2D eigenvalue weighted by Crippen LogP contribution is 2.39. The van der Waals surface area contributed by atoms with Gasteiger partial charge in [0.05, 0.1) is 31.1 Å². The highest BCUT2D eigenvalue weighted by molar-refractivity contribution is 5.92. The summed E-state index contributed by atoms with van der Waals surface area (Å²) in [5, 5.41) is 18.0. The lowest BCUT2D eigenvalue weighted by Crippen LogP contribution is -2.44. The molecule has 3 aliphatic rings. The molecule has 14 nitrogen and oxygen atoms in total. The summed E-state index contributed by atoms with van der Waals surface area (Å²) in [5.74, 6) is 1.49. The van der Waals surface area contributed by atoms with E-state index in [0.717, 1.165) is 54.4 Å². The molecule has 0 spiro atoms. The zero-order valence-corrected chi connectivity index (χ0v) is 31.5. The minimum absolute atomic E-state index is 0.0226. The third-order valence-corrected chi connectivity index (χ3v) is 10.6. The van der Waals surface area contributed by atoms with Crippen molar-refractivity contribution in [1.29, 1.82) is 0 Å². The number of piperidine rings is 1.